The first kappa shape index (κ1) is 8.80. The van der Waals surface area contributed by atoms with Gasteiger partial charge in [0.25, 0.3) is 0 Å². The molecule has 0 radical (unpaired) electrons. The second-order valence-electron chi connectivity index (χ2n) is 3.43. The summed E-state index contributed by atoms with van der Waals surface area (Å²) in [5.41, 5.74) is 0.376. The van der Waals surface area contributed by atoms with Gasteiger partial charge in [0.1, 0.15) is 11.9 Å². The highest BCUT2D eigenvalue weighted by atomic mass is 16.1. The molecule has 0 fully saturated rings. The van der Waals surface area contributed by atoms with E-state index in [0.717, 1.165) is 5.82 Å². The van der Waals surface area contributed by atoms with Crippen molar-refractivity contribution in [1.82, 2.24) is 14.5 Å². The van der Waals surface area contributed by atoms with E-state index < -0.39 is 0 Å². The van der Waals surface area contributed by atoms with Gasteiger partial charge in [-0.15, -0.1) is 0 Å². The third-order valence-corrected chi connectivity index (χ3v) is 1.45. The van der Waals surface area contributed by atoms with Crippen LogP contribution >= 0.6 is 0 Å². The number of carbonyl (C=O) groups excluding carboxylic acids is 1. The lowest BCUT2D eigenvalue weighted by molar-refractivity contribution is 0.111. The molecule has 4 nitrogen and oxygen atoms in total. The lowest BCUT2D eigenvalue weighted by atomic mass is 10.4. The van der Waals surface area contributed by atoms with Crippen LogP contribution in [0.15, 0.2) is 12.4 Å². The standard InChI is InChI=1S/C8H12N3O/c1-11(2,3)8-5-9-4-7(6-12)10-8/h4-6H,1-3H3/q+1. The largest absolute Gasteiger partial charge is 0.296 e. The molecule has 0 atom stereocenters. The van der Waals surface area contributed by atoms with Crippen molar-refractivity contribution in [2.75, 3.05) is 21.1 Å². The summed E-state index contributed by atoms with van der Waals surface area (Å²) < 4.78 is 0.564. The fourth-order valence-corrected chi connectivity index (χ4v) is 0.750. The Hall–Kier alpha value is -1.29. The molecule has 1 aromatic rings. The van der Waals surface area contributed by atoms with Gasteiger partial charge in [0, 0.05) is 0 Å². The lowest BCUT2D eigenvalue weighted by Gasteiger charge is -2.20. The summed E-state index contributed by atoms with van der Waals surface area (Å²) >= 11 is 0. The molecule has 0 saturated heterocycles. The zero-order chi connectivity index (χ0) is 9.19. The zero-order valence-corrected chi connectivity index (χ0v) is 7.48. The number of hydrogen-bond donors (Lipinski definition) is 0. The summed E-state index contributed by atoms with van der Waals surface area (Å²) in [6, 6.07) is 0. The van der Waals surface area contributed by atoms with Gasteiger partial charge in [-0.25, -0.2) is 0 Å². The maximum atomic E-state index is 10.4. The highest BCUT2D eigenvalue weighted by Crippen LogP contribution is 2.10. The second kappa shape index (κ2) is 2.98. The second-order valence-corrected chi connectivity index (χ2v) is 3.43. The third-order valence-electron chi connectivity index (χ3n) is 1.45. The number of nitrogens with zero attached hydrogens (tertiary/aromatic N) is 3. The molecular formula is C8H12N3O+. The molecular weight excluding hydrogens is 154 g/mol. The SMILES string of the molecule is C[N+](C)(C)c1cncc(C=O)n1. The molecule has 0 bridgehead atoms. The lowest BCUT2D eigenvalue weighted by Crippen LogP contribution is -2.36. The van der Waals surface area contributed by atoms with Crippen LogP contribution in [0.4, 0.5) is 5.82 Å². The van der Waals surface area contributed by atoms with Gasteiger partial charge in [-0.1, -0.05) is 0 Å². The van der Waals surface area contributed by atoms with Gasteiger partial charge in [0.2, 0.25) is 5.82 Å². The number of quaternary nitrogens is 1. The van der Waals surface area contributed by atoms with Crippen molar-refractivity contribution in [3.05, 3.63) is 18.1 Å². The summed E-state index contributed by atoms with van der Waals surface area (Å²) in [5.74, 6) is 0.777. The molecule has 0 saturated carbocycles. The Balaban J connectivity index is 3.10. The van der Waals surface area contributed by atoms with Crippen LogP contribution in [0.3, 0.4) is 0 Å². The summed E-state index contributed by atoms with van der Waals surface area (Å²) in [6.07, 6.45) is 3.81. The fourth-order valence-electron chi connectivity index (χ4n) is 0.750. The van der Waals surface area contributed by atoms with Crippen LogP contribution < -0.4 is 4.48 Å². The topological polar surface area (TPSA) is 42.9 Å². The summed E-state index contributed by atoms with van der Waals surface area (Å²) in [6.45, 7) is 0. The van der Waals surface area contributed by atoms with Crippen LogP contribution in [0.2, 0.25) is 0 Å². The highest BCUT2D eigenvalue weighted by molar-refractivity contribution is 5.71. The normalized spacial score (nSPS) is 11.2. The Morgan fingerprint density at radius 2 is 2.00 bits per heavy atom. The minimum Gasteiger partial charge on any atom is -0.296 e. The van der Waals surface area contributed by atoms with Crippen molar-refractivity contribution in [2.45, 2.75) is 0 Å². The van der Waals surface area contributed by atoms with Crippen LogP contribution in [0.25, 0.3) is 0 Å². The van der Waals surface area contributed by atoms with E-state index in [2.05, 4.69) is 9.97 Å². The fraction of sp³-hybridized carbons (Fsp3) is 0.375. The average molecular weight is 166 g/mol. The van der Waals surface area contributed by atoms with Gasteiger partial charge >= 0.3 is 0 Å². The number of aromatic nitrogens is 2. The van der Waals surface area contributed by atoms with Crippen molar-refractivity contribution >= 4 is 12.1 Å². The van der Waals surface area contributed by atoms with Crippen molar-refractivity contribution in [1.29, 1.82) is 0 Å². The minimum atomic E-state index is 0.376. The number of aldehydes is 1. The first-order valence-electron chi connectivity index (χ1n) is 3.63. The van der Waals surface area contributed by atoms with Gasteiger partial charge in [0.15, 0.2) is 6.29 Å². The number of hydrogen-bond acceptors (Lipinski definition) is 3. The number of rotatable bonds is 2. The van der Waals surface area contributed by atoms with Crippen LogP contribution in [-0.2, 0) is 0 Å². The van der Waals surface area contributed by atoms with Gasteiger partial charge in [-0.3, -0.25) is 14.3 Å². The summed E-state index contributed by atoms with van der Waals surface area (Å²) in [5, 5.41) is 0. The Kier molecular flexibility index (Phi) is 2.19. The van der Waals surface area contributed by atoms with E-state index in [1.54, 1.807) is 6.20 Å². The maximum Gasteiger partial charge on any atom is 0.246 e. The van der Waals surface area contributed by atoms with E-state index in [9.17, 15) is 4.79 Å². The van der Waals surface area contributed by atoms with Crippen molar-refractivity contribution in [2.24, 2.45) is 0 Å². The van der Waals surface area contributed by atoms with Crippen LogP contribution in [0.1, 0.15) is 10.5 Å². The molecule has 0 aromatic carbocycles. The van der Waals surface area contributed by atoms with Gasteiger partial charge in [-0.05, 0) is 0 Å². The molecule has 1 heterocycles. The van der Waals surface area contributed by atoms with Crippen LogP contribution in [-0.4, -0.2) is 37.4 Å². The van der Waals surface area contributed by atoms with Gasteiger partial charge in [-0.2, -0.15) is 4.98 Å². The molecule has 1 rings (SSSR count). The van der Waals surface area contributed by atoms with Crippen molar-refractivity contribution in [3.63, 3.8) is 0 Å². The van der Waals surface area contributed by atoms with Crippen LogP contribution in [0.5, 0.6) is 0 Å². The van der Waals surface area contributed by atoms with Crippen molar-refractivity contribution in [3.8, 4) is 0 Å². The van der Waals surface area contributed by atoms with Gasteiger partial charge < -0.3 is 0 Å². The molecule has 12 heavy (non-hydrogen) atoms. The quantitative estimate of drug-likeness (QED) is 0.474. The Labute approximate surface area is 71.5 Å². The van der Waals surface area contributed by atoms with E-state index in [-0.39, 0.29) is 0 Å². The Morgan fingerprint density at radius 1 is 1.33 bits per heavy atom. The third kappa shape index (κ3) is 1.85. The first-order chi connectivity index (χ1) is 5.54. The molecule has 0 aliphatic rings. The molecule has 1 aromatic heterocycles. The summed E-state index contributed by atoms with van der Waals surface area (Å²) in [7, 11) is 5.91. The van der Waals surface area contributed by atoms with E-state index in [1.807, 2.05) is 21.1 Å². The predicted octanol–water partition coefficient (Wildman–Crippen LogP) is 0.486. The van der Waals surface area contributed by atoms with E-state index >= 15 is 0 Å². The Morgan fingerprint density at radius 3 is 2.50 bits per heavy atom. The average Bonchev–Trinajstić information content (AvgIpc) is 2.03. The minimum absolute atomic E-state index is 0.376. The molecule has 0 aliphatic carbocycles. The maximum absolute atomic E-state index is 10.4. The van der Waals surface area contributed by atoms with Gasteiger partial charge in [0.05, 0.1) is 27.3 Å². The highest BCUT2D eigenvalue weighted by Gasteiger charge is 2.14. The molecule has 0 spiro atoms. The van der Waals surface area contributed by atoms with E-state index in [4.69, 9.17) is 0 Å². The predicted molar refractivity (Wildman–Crippen MR) is 47.0 cm³/mol. The smallest absolute Gasteiger partial charge is 0.246 e. The summed E-state index contributed by atoms with van der Waals surface area (Å²) in [4.78, 5) is 18.4. The molecule has 4 heteroatoms. The number of carbonyl (C=O) groups is 1. The first-order valence-corrected chi connectivity index (χ1v) is 3.63. The Bertz CT molecular complexity index is 291. The van der Waals surface area contributed by atoms with Crippen molar-refractivity contribution < 1.29 is 4.79 Å². The van der Waals surface area contributed by atoms with E-state index in [0.29, 0.717) is 16.5 Å². The molecule has 0 unspecified atom stereocenters. The zero-order valence-electron chi connectivity index (χ0n) is 7.48. The molecule has 64 valence electrons. The molecule has 0 aliphatic heterocycles. The molecule has 0 N–H and O–H groups in total. The molecule has 0 amide bonds. The van der Waals surface area contributed by atoms with E-state index in [1.165, 1.54) is 6.20 Å². The van der Waals surface area contributed by atoms with Crippen LogP contribution in [0, 0.1) is 0 Å². The monoisotopic (exact) mass is 166 g/mol.